The third kappa shape index (κ3) is 7.14. The average molecular weight is 234 g/mol. The zero-order valence-corrected chi connectivity index (χ0v) is 11.4. The van der Waals surface area contributed by atoms with Crippen LogP contribution in [-0.4, -0.2) is 31.6 Å². The first-order valence-corrected chi connectivity index (χ1v) is 6.60. The summed E-state index contributed by atoms with van der Waals surface area (Å²) in [6, 6.07) is 11.2. The van der Waals surface area contributed by atoms with Crippen LogP contribution in [-0.2, 0) is 6.54 Å². The molecule has 0 bridgehead atoms. The highest BCUT2D eigenvalue weighted by Gasteiger charge is 2.01. The summed E-state index contributed by atoms with van der Waals surface area (Å²) in [6.07, 6.45) is 3.87. The van der Waals surface area contributed by atoms with Gasteiger partial charge in [-0.1, -0.05) is 36.8 Å². The van der Waals surface area contributed by atoms with E-state index in [1.54, 1.807) is 0 Å². The molecule has 1 rings (SSSR count). The molecule has 1 aromatic carbocycles. The lowest BCUT2D eigenvalue weighted by atomic mass is 10.1. The Kier molecular flexibility index (Phi) is 6.90. The van der Waals surface area contributed by atoms with Crippen LogP contribution in [0.2, 0.25) is 0 Å². The van der Waals surface area contributed by atoms with E-state index in [-0.39, 0.29) is 0 Å². The quantitative estimate of drug-likeness (QED) is 0.696. The fourth-order valence-corrected chi connectivity index (χ4v) is 1.87. The van der Waals surface area contributed by atoms with Crippen molar-refractivity contribution in [3.05, 3.63) is 35.9 Å². The number of hydrogen-bond acceptors (Lipinski definition) is 2. The van der Waals surface area contributed by atoms with Gasteiger partial charge in [-0.15, -0.1) is 0 Å². The molecule has 0 saturated carbocycles. The zero-order valence-electron chi connectivity index (χ0n) is 11.4. The maximum absolute atomic E-state index is 3.57. The van der Waals surface area contributed by atoms with Crippen molar-refractivity contribution in [2.45, 2.75) is 38.8 Å². The number of nitrogens with zero attached hydrogens (tertiary/aromatic N) is 1. The lowest BCUT2D eigenvalue weighted by Crippen LogP contribution is -2.25. The van der Waals surface area contributed by atoms with E-state index in [2.05, 4.69) is 61.6 Å². The third-order valence-electron chi connectivity index (χ3n) is 2.99. The standard InChI is InChI=1S/C15H26N2/c1-14(9-7-8-12-17(2)3)16-13-15-10-5-4-6-11-15/h4-6,10-11,14,16H,7-9,12-13H2,1-3H3/t14-/m1/s1. The maximum atomic E-state index is 3.57. The Morgan fingerprint density at radius 2 is 1.82 bits per heavy atom. The molecule has 96 valence electrons. The third-order valence-corrected chi connectivity index (χ3v) is 2.99. The summed E-state index contributed by atoms with van der Waals surface area (Å²) < 4.78 is 0. The molecule has 1 atom stereocenters. The summed E-state index contributed by atoms with van der Waals surface area (Å²) in [4.78, 5) is 2.25. The van der Waals surface area contributed by atoms with Crippen molar-refractivity contribution in [1.29, 1.82) is 0 Å². The largest absolute Gasteiger partial charge is 0.310 e. The molecule has 0 aromatic heterocycles. The van der Waals surface area contributed by atoms with E-state index in [9.17, 15) is 0 Å². The van der Waals surface area contributed by atoms with Gasteiger partial charge in [0.25, 0.3) is 0 Å². The van der Waals surface area contributed by atoms with E-state index in [4.69, 9.17) is 0 Å². The second-order valence-corrected chi connectivity index (χ2v) is 5.07. The Balaban J connectivity index is 2.07. The highest BCUT2D eigenvalue weighted by atomic mass is 15.0. The van der Waals surface area contributed by atoms with Gasteiger partial charge in [-0.2, -0.15) is 0 Å². The average Bonchev–Trinajstić information content (AvgIpc) is 2.33. The van der Waals surface area contributed by atoms with E-state index in [0.29, 0.717) is 6.04 Å². The molecule has 0 aliphatic heterocycles. The summed E-state index contributed by atoms with van der Waals surface area (Å²) in [5, 5.41) is 3.57. The fourth-order valence-electron chi connectivity index (χ4n) is 1.87. The molecule has 17 heavy (non-hydrogen) atoms. The smallest absolute Gasteiger partial charge is 0.0207 e. The molecule has 0 amide bonds. The van der Waals surface area contributed by atoms with Gasteiger partial charge in [0.1, 0.15) is 0 Å². The molecule has 0 saturated heterocycles. The highest BCUT2D eigenvalue weighted by Crippen LogP contribution is 2.03. The van der Waals surface area contributed by atoms with Gasteiger partial charge in [0.2, 0.25) is 0 Å². The molecule has 1 aromatic rings. The summed E-state index contributed by atoms with van der Waals surface area (Å²) in [5.41, 5.74) is 1.37. The van der Waals surface area contributed by atoms with Crippen LogP contribution in [0.25, 0.3) is 0 Å². The van der Waals surface area contributed by atoms with Gasteiger partial charge in [-0.3, -0.25) is 0 Å². The first-order valence-electron chi connectivity index (χ1n) is 6.60. The number of nitrogens with one attached hydrogen (secondary N) is 1. The van der Waals surface area contributed by atoms with Gasteiger partial charge in [-0.05, 0) is 46.0 Å². The molecule has 0 unspecified atom stereocenters. The second-order valence-electron chi connectivity index (χ2n) is 5.07. The van der Waals surface area contributed by atoms with E-state index < -0.39 is 0 Å². The SMILES string of the molecule is C[C@H](CCCCN(C)C)NCc1ccccc1. The molecule has 0 spiro atoms. The maximum Gasteiger partial charge on any atom is 0.0207 e. The minimum Gasteiger partial charge on any atom is -0.310 e. The molecule has 0 radical (unpaired) electrons. The Morgan fingerprint density at radius 3 is 2.47 bits per heavy atom. The van der Waals surface area contributed by atoms with Gasteiger partial charge in [0.15, 0.2) is 0 Å². The molecule has 2 heteroatoms. The van der Waals surface area contributed by atoms with E-state index >= 15 is 0 Å². The van der Waals surface area contributed by atoms with Crippen molar-refractivity contribution < 1.29 is 0 Å². The van der Waals surface area contributed by atoms with Gasteiger partial charge >= 0.3 is 0 Å². The highest BCUT2D eigenvalue weighted by molar-refractivity contribution is 5.14. The summed E-state index contributed by atoms with van der Waals surface area (Å²) in [6.45, 7) is 4.46. The normalized spacial score (nSPS) is 12.9. The first kappa shape index (κ1) is 14.2. The second kappa shape index (κ2) is 8.26. The summed E-state index contributed by atoms with van der Waals surface area (Å²) >= 11 is 0. The summed E-state index contributed by atoms with van der Waals surface area (Å²) in [7, 11) is 4.27. The van der Waals surface area contributed by atoms with Crippen LogP contribution in [0.5, 0.6) is 0 Å². The van der Waals surface area contributed by atoms with Crippen LogP contribution < -0.4 is 5.32 Å². The van der Waals surface area contributed by atoms with Gasteiger partial charge in [0, 0.05) is 12.6 Å². The Bertz CT molecular complexity index is 282. The van der Waals surface area contributed by atoms with Crippen LogP contribution in [0.3, 0.4) is 0 Å². The molecule has 0 fully saturated rings. The molecule has 0 aliphatic carbocycles. The van der Waals surface area contributed by atoms with Crippen LogP contribution in [0.1, 0.15) is 31.7 Å². The van der Waals surface area contributed by atoms with Crippen LogP contribution in [0.15, 0.2) is 30.3 Å². The van der Waals surface area contributed by atoms with Crippen molar-refractivity contribution in [3.63, 3.8) is 0 Å². The van der Waals surface area contributed by atoms with Gasteiger partial charge in [0.05, 0.1) is 0 Å². The first-order chi connectivity index (χ1) is 8.18. The van der Waals surface area contributed by atoms with Crippen molar-refractivity contribution in [2.24, 2.45) is 0 Å². The molecule has 0 aliphatic rings. The van der Waals surface area contributed by atoms with E-state index in [1.165, 1.54) is 31.4 Å². The van der Waals surface area contributed by atoms with Crippen molar-refractivity contribution in [2.75, 3.05) is 20.6 Å². The van der Waals surface area contributed by atoms with Crippen LogP contribution in [0.4, 0.5) is 0 Å². The number of rotatable bonds is 8. The van der Waals surface area contributed by atoms with Gasteiger partial charge in [-0.25, -0.2) is 0 Å². The molecule has 1 N–H and O–H groups in total. The Hall–Kier alpha value is -0.860. The van der Waals surface area contributed by atoms with Crippen LogP contribution >= 0.6 is 0 Å². The topological polar surface area (TPSA) is 15.3 Å². The lowest BCUT2D eigenvalue weighted by Gasteiger charge is -2.14. The predicted molar refractivity (Wildman–Crippen MR) is 75.1 cm³/mol. The minimum absolute atomic E-state index is 0.609. The Morgan fingerprint density at radius 1 is 1.12 bits per heavy atom. The van der Waals surface area contributed by atoms with Gasteiger partial charge < -0.3 is 10.2 Å². The van der Waals surface area contributed by atoms with Crippen LogP contribution in [0, 0.1) is 0 Å². The number of unbranched alkanes of at least 4 members (excludes halogenated alkanes) is 1. The molecular formula is C15H26N2. The van der Waals surface area contributed by atoms with Crippen molar-refractivity contribution in [3.8, 4) is 0 Å². The predicted octanol–water partition coefficient (Wildman–Crippen LogP) is 2.90. The number of hydrogen-bond donors (Lipinski definition) is 1. The monoisotopic (exact) mass is 234 g/mol. The van der Waals surface area contributed by atoms with E-state index in [1.807, 2.05) is 0 Å². The fraction of sp³-hybridized carbons (Fsp3) is 0.600. The summed E-state index contributed by atoms with van der Waals surface area (Å²) in [5.74, 6) is 0. The molecule has 0 heterocycles. The molecular weight excluding hydrogens is 208 g/mol. The van der Waals surface area contributed by atoms with Crippen molar-refractivity contribution >= 4 is 0 Å². The number of benzene rings is 1. The lowest BCUT2D eigenvalue weighted by molar-refractivity contribution is 0.381. The van der Waals surface area contributed by atoms with E-state index in [0.717, 1.165) is 6.54 Å². The Labute approximate surface area is 106 Å². The molecule has 2 nitrogen and oxygen atoms in total. The van der Waals surface area contributed by atoms with Crippen molar-refractivity contribution in [1.82, 2.24) is 10.2 Å². The minimum atomic E-state index is 0.609. The zero-order chi connectivity index (χ0) is 12.5.